The van der Waals surface area contributed by atoms with Crippen LogP contribution in [0.2, 0.25) is 0 Å². The maximum absolute atomic E-state index is 10.9. The fourth-order valence-corrected chi connectivity index (χ4v) is 3.63. The Morgan fingerprint density at radius 3 is 2.04 bits per heavy atom. The van der Waals surface area contributed by atoms with E-state index in [1.807, 2.05) is 0 Å². The van der Waals surface area contributed by atoms with Gasteiger partial charge in [0.2, 0.25) is 0 Å². The van der Waals surface area contributed by atoms with Gasteiger partial charge in [-0.3, -0.25) is 0 Å². The molecule has 0 aromatic rings. The van der Waals surface area contributed by atoms with E-state index in [-0.39, 0.29) is 49.7 Å². The summed E-state index contributed by atoms with van der Waals surface area (Å²) in [5, 5.41) is 0. The molecule has 134 valence electrons. The van der Waals surface area contributed by atoms with Crippen LogP contribution in [0.3, 0.4) is 0 Å². The molecule has 9 heteroatoms. The van der Waals surface area contributed by atoms with E-state index in [1.54, 1.807) is 0 Å². The number of fused-ring (bicyclic) bond motifs is 1. The summed E-state index contributed by atoms with van der Waals surface area (Å²) in [6, 6.07) is 0. The van der Waals surface area contributed by atoms with Crippen LogP contribution in [0.1, 0.15) is 12.8 Å². The van der Waals surface area contributed by atoms with Crippen molar-refractivity contribution >= 4 is 12.3 Å². The molecular weight excluding hydrogens is 324 g/mol. The summed E-state index contributed by atoms with van der Waals surface area (Å²) in [7, 11) is 0. The highest BCUT2D eigenvalue weighted by molar-refractivity contribution is 5.62. The molecule has 2 unspecified atom stereocenters. The molecule has 4 rings (SSSR count). The van der Waals surface area contributed by atoms with Gasteiger partial charge in [0.1, 0.15) is 13.2 Å². The van der Waals surface area contributed by atoms with Gasteiger partial charge in [-0.2, -0.15) is 0 Å². The van der Waals surface area contributed by atoms with E-state index < -0.39 is 12.3 Å². The summed E-state index contributed by atoms with van der Waals surface area (Å²) >= 11 is 0. The monoisotopic (exact) mass is 344 g/mol. The average molecular weight is 344 g/mol. The van der Waals surface area contributed by atoms with Gasteiger partial charge in [0.05, 0.1) is 38.1 Å². The van der Waals surface area contributed by atoms with E-state index >= 15 is 0 Å². The van der Waals surface area contributed by atoms with Crippen molar-refractivity contribution in [1.82, 2.24) is 0 Å². The van der Waals surface area contributed by atoms with Gasteiger partial charge in [0.25, 0.3) is 0 Å². The largest absolute Gasteiger partial charge is 0.508 e. The summed E-state index contributed by atoms with van der Waals surface area (Å²) in [5.74, 6) is 0.260. The molecular formula is C15H20O9. The fourth-order valence-electron chi connectivity index (χ4n) is 3.63. The molecule has 0 spiro atoms. The van der Waals surface area contributed by atoms with Crippen LogP contribution in [0.5, 0.6) is 0 Å². The number of cyclic esters (lactones) is 4. The van der Waals surface area contributed by atoms with Gasteiger partial charge in [-0.25, -0.2) is 9.59 Å². The highest BCUT2D eigenvalue weighted by Gasteiger charge is 2.48. The second kappa shape index (κ2) is 6.73. The van der Waals surface area contributed by atoms with Crippen molar-refractivity contribution in [3.63, 3.8) is 0 Å². The van der Waals surface area contributed by atoms with Crippen LogP contribution in [-0.4, -0.2) is 75.9 Å². The molecule has 3 saturated heterocycles. The first-order valence-corrected chi connectivity index (χ1v) is 8.20. The number of carbonyl (C=O) groups excluding carboxylic acids is 2. The van der Waals surface area contributed by atoms with Gasteiger partial charge in [-0.1, -0.05) is 0 Å². The van der Waals surface area contributed by atoms with Crippen molar-refractivity contribution in [2.45, 2.75) is 43.4 Å². The maximum Gasteiger partial charge on any atom is 0.508 e. The molecule has 9 nitrogen and oxygen atoms in total. The van der Waals surface area contributed by atoms with Gasteiger partial charge in [-0.15, -0.1) is 0 Å². The molecule has 1 saturated carbocycles. The van der Waals surface area contributed by atoms with E-state index in [1.165, 1.54) is 0 Å². The maximum atomic E-state index is 10.9. The summed E-state index contributed by atoms with van der Waals surface area (Å²) in [6.45, 7) is 1.58. The Morgan fingerprint density at radius 1 is 0.833 bits per heavy atom. The molecule has 0 radical (unpaired) electrons. The van der Waals surface area contributed by atoms with Gasteiger partial charge < -0.3 is 33.2 Å². The highest BCUT2D eigenvalue weighted by atomic mass is 16.8. The van der Waals surface area contributed by atoms with Crippen LogP contribution in [0, 0.1) is 5.92 Å². The Morgan fingerprint density at radius 2 is 1.46 bits per heavy atom. The number of ether oxygens (including phenoxy) is 7. The van der Waals surface area contributed by atoms with E-state index in [4.69, 9.17) is 33.2 Å². The van der Waals surface area contributed by atoms with Gasteiger partial charge in [-0.05, 0) is 12.8 Å². The fraction of sp³-hybridized carbons (Fsp3) is 0.867. The minimum Gasteiger partial charge on any atom is -0.430 e. The van der Waals surface area contributed by atoms with Gasteiger partial charge in [0, 0.05) is 5.92 Å². The van der Waals surface area contributed by atoms with Gasteiger partial charge in [0.15, 0.2) is 12.2 Å². The predicted octanol–water partition coefficient (Wildman–Crippen LogP) is 0.636. The Hall–Kier alpha value is -1.58. The quantitative estimate of drug-likeness (QED) is 0.643. The zero-order chi connectivity index (χ0) is 16.5. The minimum atomic E-state index is -0.643. The van der Waals surface area contributed by atoms with Gasteiger partial charge >= 0.3 is 12.3 Å². The molecule has 3 heterocycles. The minimum absolute atomic E-state index is 0.0181. The van der Waals surface area contributed by atoms with Crippen molar-refractivity contribution in [2.24, 2.45) is 5.92 Å². The SMILES string of the molecule is O=C1OCC(CO[C@H]2CO[C@H]3[C@@H]2CC[C@H]3OCC2COC(=O)O2)O1. The molecule has 1 aliphatic carbocycles. The second-order valence-electron chi connectivity index (χ2n) is 6.38. The van der Waals surface area contributed by atoms with Crippen molar-refractivity contribution in [1.29, 1.82) is 0 Å². The Bertz CT molecular complexity index is 451. The molecule has 6 atom stereocenters. The standard InChI is InChI=1S/C15H20O9/c16-14-21-5-8(23-14)3-18-11-2-1-10-12(7-20-13(10)11)19-4-9-6-22-15(17)24-9/h8-13H,1-7H2/t8?,9?,10-,11-,12+,13+/m1/s1. The van der Waals surface area contributed by atoms with Crippen molar-refractivity contribution < 1.29 is 42.7 Å². The molecule has 0 amide bonds. The van der Waals surface area contributed by atoms with E-state index in [9.17, 15) is 9.59 Å². The molecule has 0 aromatic heterocycles. The molecule has 0 bridgehead atoms. The predicted molar refractivity (Wildman–Crippen MR) is 74.4 cm³/mol. The van der Waals surface area contributed by atoms with Crippen LogP contribution in [-0.2, 0) is 33.2 Å². The number of hydrogen-bond donors (Lipinski definition) is 0. The lowest BCUT2D eigenvalue weighted by Crippen LogP contribution is -2.32. The summed E-state index contributed by atoms with van der Waals surface area (Å²) in [4.78, 5) is 21.8. The lowest BCUT2D eigenvalue weighted by Gasteiger charge is -2.20. The van der Waals surface area contributed by atoms with E-state index in [0.29, 0.717) is 19.8 Å². The van der Waals surface area contributed by atoms with Crippen molar-refractivity contribution in [3.8, 4) is 0 Å². The highest BCUT2D eigenvalue weighted by Crippen LogP contribution is 2.39. The van der Waals surface area contributed by atoms with Crippen LogP contribution in [0.4, 0.5) is 9.59 Å². The third-order valence-corrected chi connectivity index (χ3v) is 4.80. The molecule has 0 aromatic carbocycles. The van der Waals surface area contributed by atoms with E-state index in [2.05, 4.69) is 0 Å². The first-order valence-electron chi connectivity index (χ1n) is 8.20. The molecule has 0 N–H and O–H groups in total. The third kappa shape index (κ3) is 3.28. The smallest absolute Gasteiger partial charge is 0.430 e. The summed E-state index contributed by atoms with van der Waals surface area (Å²) < 4.78 is 36.9. The number of hydrogen-bond acceptors (Lipinski definition) is 9. The lowest BCUT2D eigenvalue weighted by atomic mass is 10.0. The topological polar surface area (TPSA) is 98.8 Å². The first kappa shape index (κ1) is 15.9. The number of carbonyl (C=O) groups is 2. The normalized spacial score (nSPS) is 40.8. The molecule has 4 aliphatic rings. The Kier molecular flexibility index (Phi) is 4.47. The Balaban J connectivity index is 1.21. The molecule has 4 fully saturated rings. The van der Waals surface area contributed by atoms with Crippen LogP contribution >= 0.6 is 0 Å². The van der Waals surface area contributed by atoms with Crippen LogP contribution in [0.25, 0.3) is 0 Å². The lowest BCUT2D eigenvalue weighted by molar-refractivity contribution is -0.0624. The summed E-state index contributed by atoms with van der Waals surface area (Å²) in [5.41, 5.74) is 0. The van der Waals surface area contributed by atoms with Crippen LogP contribution < -0.4 is 0 Å². The molecule has 3 aliphatic heterocycles. The molecule has 24 heavy (non-hydrogen) atoms. The van der Waals surface area contributed by atoms with Crippen molar-refractivity contribution in [3.05, 3.63) is 0 Å². The zero-order valence-electron chi connectivity index (χ0n) is 13.1. The van der Waals surface area contributed by atoms with Crippen LogP contribution in [0.15, 0.2) is 0 Å². The average Bonchev–Trinajstić information content (AvgIpc) is 3.30. The second-order valence-corrected chi connectivity index (χ2v) is 6.38. The van der Waals surface area contributed by atoms with Crippen molar-refractivity contribution in [2.75, 3.05) is 33.0 Å². The zero-order valence-corrected chi connectivity index (χ0v) is 13.1. The van der Waals surface area contributed by atoms with E-state index in [0.717, 1.165) is 12.8 Å². The Labute approximate surface area is 138 Å². The summed E-state index contributed by atoms with van der Waals surface area (Å²) in [6.07, 6.45) is -0.240. The first-order chi connectivity index (χ1) is 11.7. The number of rotatable bonds is 6. The third-order valence-electron chi connectivity index (χ3n) is 4.80.